The Balaban J connectivity index is 2.82. The van der Waals surface area contributed by atoms with E-state index in [4.69, 9.17) is 6.42 Å². The first kappa shape index (κ1) is 11.3. The summed E-state index contributed by atoms with van der Waals surface area (Å²) in [4.78, 5) is 12.9. The molecule has 1 aliphatic heterocycles. The van der Waals surface area contributed by atoms with Crippen LogP contribution in [0, 0.1) is 18.3 Å². The number of piperidine rings is 1. The number of rotatable bonds is 1. The lowest BCUT2D eigenvalue weighted by molar-refractivity contribution is -0.965. The molecule has 1 fully saturated rings. The van der Waals surface area contributed by atoms with Crippen LogP contribution >= 0.6 is 0 Å². The van der Waals surface area contributed by atoms with Gasteiger partial charge in [0.1, 0.15) is 5.78 Å². The second-order valence-corrected chi connectivity index (χ2v) is 4.97. The number of carbonyl (C=O) groups is 1. The second-order valence-electron chi connectivity index (χ2n) is 4.97. The molecular formula is C12H20NO+. The summed E-state index contributed by atoms with van der Waals surface area (Å²) < 4.78 is 0. The van der Waals surface area contributed by atoms with Crippen LogP contribution in [-0.4, -0.2) is 23.9 Å². The lowest BCUT2D eigenvalue weighted by Crippen LogP contribution is -3.23. The van der Waals surface area contributed by atoms with Gasteiger partial charge in [-0.2, -0.15) is 0 Å². The van der Waals surface area contributed by atoms with Gasteiger partial charge in [0.2, 0.25) is 0 Å². The largest absolute Gasteiger partial charge is 0.317 e. The SMILES string of the molecule is C#CC(C)(C)[NH+]1CC(C)C(=O)CC1C. The van der Waals surface area contributed by atoms with Gasteiger partial charge in [-0.25, -0.2) is 0 Å². The predicted molar refractivity (Wildman–Crippen MR) is 57.0 cm³/mol. The Bertz CT molecular complexity index is 275. The summed E-state index contributed by atoms with van der Waals surface area (Å²) in [5, 5.41) is 0. The molecule has 1 heterocycles. The van der Waals surface area contributed by atoms with Gasteiger partial charge in [-0.05, 0) is 12.8 Å². The molecule has 0 spiro atoms. The summed E-state index contributed by atoms with van der Waals surface area (Å²) in [5.74, 6) is 3.37. The van der Waals surface area contributed by atoms with Crippen LogP contribution in [0.5, 0.6) is 0 Å². The average Bonchev–Trinajstić information content (AvgIpc) is 2.11. The smallest absolute Gasteiger partial charge is 0.153 e. The molecule has 1 rings (SSSR count). The lowest BCUT2D eigenvalue weighted by atomic mass is 9.89. The molecule has 0 saturated carbocycles. The van der Waals surface area contributed by atoms with Crippen LogP contribution in [0.3, 0.4) is 0 Å². The molecular weight excluding hydrogens is 174 g/mol. The maximum absolute atomic E-state index is 11.5. The second kappa shape index (κ2) is 3.74. The molecule has 0 aromatic carbocycles. The zero-order valence-electron chi connectivity index (χ0n) is 9.55. The van der Waals surface area contributed by atoms with Crippen molar-refractivity contribution < 1.29 is 9.69 Å². The number of likely N-dealkylation sites (tertiary alicyclic amines) is 1. The summed E-state index contributed by atoms with van der Waals surface area (Å²) >= 11 is 0. The first-order chi connectivity index (χ1) is 6.38. The summed E-state index contributed by atoms with van der Waals surface area (Å²) in [5.41, 5.74) is -0.158. The highest BCUT2D eigenvalue weighted by molar-refractivity contribution is 5.81. The zero-order valence-corrected chi connectivity index (χ0v) is 9.55. The zero-order chi connectivity index (χ0) is 10.9. The molecule has 0 aromatic rings. The van der Waals surface area contributed by atoms with E-state index in [-0.39, 0.29) is 11.5 Å². The van der Waals surface area contributed by atoms with Crippen LogP contribution in [0.25, 0.3) is 0 Å². The molecule has 78 valence electrons. The van der Waals surface area contributed by atoms with E-state index < -0.39 is 0 Å². The monoisotopic (exact) mass is 194 g/mol. The molecule has 0 bridgehead atoms. The van der Waals surface area contributed by atoms with Gasteiger partial charge in [0.15, 0.2) is 5.54 Å². The third-order valence-corrected chi connectivity index (χ3v) is 3.34. The Morgan fingerprint density at radius 3 is 2.57 bits per heavy atom. The first-order valence-electron chi connectivity index (χ1n) is 5.25. The summed E-state index contributed by atoms with van der Waals surface area (Å²) in [6.07, 6.45) is 6.19. The van der Waals surface area contributed by atoms with Crippen molar-refractivity contribution in [2.24, 2.45) is 5.92 Å². The number of terminal acetylenes is 1. The standard InChI is InChI=1S/C12H19NO/c1-6-12(4,5)13-8-9(2)11(14)7-10(13)3/h1,9-10H,7-8H2,2-5H3/p+1. The van der Waals surface area contributed by atoms with E-state index in [0.717, 1.165) is 6.54 Å². The number of nitrogens with one attached hydrogen (secondary N) is 1. The van der Waals surface area contributed by atoms with Gasteiger partial charge >= 0.3 is 0 Å². The molecule has 2 nitrogen and oxygen atoms in total. The number of quaternary nitrogens is 1. The summed E-state index contributed by atoms with van der Waals surface area (Å²) in [6.45, 7) is 9.12. The van der Waals surface area contributed by atoms with E-state index in [2.05, 4.69) is 26.7 Å². The van der Waals surface area contributed by atoms with Crippen LogP contribution in [-0.2, 0) is 4.79 Å². The molecule has 2 heteroatoms. The Labute approximate surface area is 86.7 Å². The van der Waals surface area contributed by atoms with Gasteiger partial charge in [0, 0.05) is 13.8 Å². The maximum atomic E-state index is 11.5. The van der Waals surface area contributed by atoms with Crippen LogP contribution in [0.15, 0.2) is 0 Å². The molecule has 1 saturated heterocycles. The minimum atomic E-state index is -0.158. The van der Waals surface area contributed by atoms with E-state index in [1.165, 1.54) is 4.90 Å². The Hall–Kier alpha value is -0.810. The first-order valence-corrected chi connectivity index (χ1v) is 5.25. The number of Topliss-reactive ketones (excluding diaryl/α,β-unsaturated/α-hetero) is 1. The normalized spacial score (nSPS) is 33.9. The molecule has 14 heavy (non-hydrogen) atoms. The van der Waals surface area contributed by atoms with Crippen LogP contribution < -0.4 is 4.90 Å². The average molecular weight is 194 g/mol. The number of hydrogen-bond acceptors (Lipinski definition) is 1. The van der Waals surface area contributed by atoms with Crippen molar-refractivity contribution in [3.8, 4) is 12.3 Å². The number of carbonyl (C=O) groups excluding carboxylic acids is 1. The third-order valence-electron chi connectivity index (χ3n) is 3.34. The van der Waals surface area contributed by atoms with Gasteiger partial charge in [-0.15, -0.1) is 6.42 Å². The Morgan fingerprint density at radius 1 is 1.50 bits per heavy atom. The summed E-state index contributed by atoms with van der Waals surface area (Å²) in [6, 6.07) is 0.352. The van der Waals surface area contributed by atoms with Crippen molar-refractivity contribution in [3.05, 3.63) is 0 Å². The van der Waals surface area contributed by atoms with Crippen molar-refractivity contribution >= 4 is 5.78 Å². The fourth-order valence-electron chi connectivity index (χ4n) is 2.23. The fraction of sp³-hybridized carbons (Fsp3) is 0.750. The van der Waals surface area contributed by atoms with Crippen molar-refractivity contribution in [1.29, 1.82) is 0 Å². The van der Waals surface area contributed by atoms with Gasteiger partial charge in [0.05, 0.1) is 24.9 Å². The molecule has 0 radical (unpaired) electrons. The van der Waals surface area contributed by atoms with E-state index >= 15 is 0 Å². The summed E-state index contributed by atoms with van der Waals surface area (Å²) in [7, 11) is 0. The van der Waals surface area contributed by atoms with Crippen LogP contribution in [0.1, 0.15) is 34.1 Å². The van der Waals surface area contributed by atoms with E-state index in [0.29, 0.717) is 18.2 Å². The minimum absolute atomic E-state index is 0.158. The third kappa shape index (κ3) is 1.99. The highest BCUT2D eigenvalue weighted by Gasteiger charge is 2.40. The molecule has 0 amide bonds. The van der Waals surface area contributed by atoms with E-state index in [1.807, 2.05) is 6.92 Å². The van der Waals surface area contributed by atoms with Crippen molar-refractivity contribution in [2.45, 2.75) is 45.7 Å². The maximum Gasteiger partial charge on any atom is 0.153 e. The highest BCUT2D eigenvalue weighted by atomic mass is 16.1. The van der Waals surface area contributed by atoms with Gasteiger partial charge in [-0.1, -0.05) is 6.92 Å². The topological polar surface area (TPSA) is 21.5 Å². The number of ketones is 1. The van der Waals surface area contributed by atoms with Crippen molar-refractivity contribution in [3.63, 3.8) is 0 Å². The molecule has 0 aromatic heterocycles. The van der Waals surface area contributed by atoms with Crippen molar-refractivity contribution in [2.75, 3.05) is 6.54 Å². The van der Waals surface area contributed by atoms with E-state index in [9.17, 15) is 4.79 Å². The van der Waals surface area contributed by atoms with Crippen molar-refractivity contribution in [1.82, 2.24) is 0 Å². The minimum Gasteiger partial charge on any atom is -0.317 e. The Kier molecular flexibility index (Phi) is 3.01. The molecule has 3 unspecified atom stereocenters. The molecule has 3 atom stereocenters. The predicted octanol–water partition coefficient (Wildman–Crippen LogP) is 0.280. The van der Waals surface area contributed by atoms with Crippen LogP contribution in [0.4, 0.5) is 0 Å². The lowest BCUT2D eigenvalue weighted by Gasteiger charge is -2.40. The quantitative estimate of drug-likeness (QED) is 0.595. The fourth-order valence-corrected chi connectivity index (χ4v) is 2.23. The highest BCUT2D eigenvalue weighted by Crippen LogP contribution is 2.09. The molecule has 0 aliphatic carbocycles. The van der Waals surface area contributed by atoms with Gasteiger partial charge in [-0.3, -0.25) is 4.79 Å². The molecule has 1 aliphatic rings. The number of hydrogen-bond donors (Lipinski definition) is 1. The van der Waals surface area contributed by atoms with E-state index in [1.54, 1.807) is 0 Å². The van der Waals surface area contributed by atoms with Gasteiger partial charge < -0.3 is 4.90 Å². The van der Waals surface area contributed by atoms with Gasteiger partial charge in [0.25, 0.3) is 0 Å². The molecule has 1 N–H and O–H groups in total. The van der Waals surface area contributed by atoms with Crippen LogP contribution in [0.2, 0.25) is 0 Å². The Morgan fingerprint density at radius 2 is 2.07 bits per heavy atom.